The Balaban J connectivity index is 1.40. The van der Waals surface area contributed by atoms with Crippen molar-refractivity contribution in [1.82, 2.24) is 44.6 Å². The third-order valence-corrected chi connectivity index (χ3v) is 5.55. The highest BCUT2D eigenvalue weighted by atomic mass is 19.3. The number of imidazole rings is 1. The number of ether oxygens (including phenoxy) is 1. The lowest BCUT2D eigenvalue weighted by Crippen LogP contribution is -2.41. The van der Waals surface area contributed by atoms with Crippen LogP contribution in [0.15, 0.2) is 53.7 Å². The summed E-state index contributed by atoms with van der Waals surface area (Å²) >= 11 is 0. The second kappa shape index (κ2) is 8.23. The van der Waals surface area contributed by atoms with Gasteiger partial charge in [-0.25, -0.2) is 14.5 Å². The van der Waals surface area contributed by atoms with Crippen LogP contribution in [-0.2, 0) is 6.42 Å². The van der Waals surface area contributed by atoms with Crippen LogP contribution in [0.5, 0.6) is 5.75 Å². The Kier molecular flexibility index (Phi) is 4.90. The van der Waals surface area contributed by atoms with Gasteiger partial charge in [0.15, 0.2) is 5.75 Å². The van der Waals surface area contributed by atoms with Crippen molar-refractivity contribution in [2.45, 2.75) is 19.1 Å². The average molecular weight is 479 g/mol. The van der Waals surface area contributed by atoms with Gasteiger partial charge >= 0.3 is 18.4 Å². The number of hydrogen-bond acceptors (Lipinski definition) is 9. The number of carbonyl (C=O) groups is 1. The first-order valence-corrected chi connectivity index (χ1v) is 10.4. The minimum absolute atomic E-state index is 0.0392. The van der Waals surface area contributed by atoms with E-state index in [-0.39, 0.29) is 17.5 Å². The molecule has 6 rings (SSSR count). The lowest BCUT2D eigenvalue weighted by atomic mass is 9.99. The van der Waals surface area contributed by atoms with Crippen LogP contribution in [-0.4, -0.2) is 63.7 Å². The Morgan fingerprint density at radius 3 is 3.00 bits per heavy atom. The lowest BCUT2D eigenvalue weighted by Gasteiger charge is -2.32. The highest BCUT2D eigenvalue weighted by Gasteiger charge is 2.38. The molecule has 176 valence electrons. The zero-order chi connectivity index (χ0) is 23.9. The first-order chi connectivity index (χ1) is 17.1. The van der Waals surface area contributed by atoms with E-state index in [1.54, 1.807) is 12.3 Å². The smallest absolute Gasteiger partial charge is 0.387 e. The van der Waals surface area contributed by atoms with E-state index < -0.39 is 18.6 Å². The van der Waals surface area contributed by atoms with Crippen molar-refractivity contribution in [2.75, 3.05) is 6.54 Å². The number of alkyl halides is 2. The van der Waals surface area contributed by atoms with E-state index in [9.17, 15) is 13.6 Å². The van der Waals surface area contributed by atoms with Gasteiger partial charge in [-0.1, -0.05) is 0 Å². The number of aromatic nitrogens is 8. The molecule has 1 aliphatic rings. The number of fused-ring (bicyclic) bond motifs is 2. The molecule has 1 N–H and O–H groups in total. The van der Waals surface area contributed by atoms with Crippen molar-refractivity contribution >= 4 is 11.4 Å². The van der Waals surface area contributed by atoms with Gasteiger partial charge in [-0.15, -0.1) is 10.2 Å². The van der Waals surface area contributed by atoms with Gasteiger partial charge in [-0.2, -0.15) is 13.9 Å². The molecular formula is C21H15F2N9O3. The van der Waals surface area contributed by atoms with E-state index in [2.05, 4.69) is 40.0 Å². The molecule has 0 saturated carbocycles. The molecule has 14 heteroatoms. The SMILES string of the molecule is O=C(c1nnc(-c2cnccn2)o1)N1CCc2[nH]cnc2C1c1cc2c(OC(F)F)cccn2n1. The summed E-state index contributed by atoms with van der Waals surface area (Å²) < 4.78 is 37.4. The van der Waals surface area contributed by atoms with E-state index in [0.29, 0.717) is 35.6 Å². The fourth-order valence-electron chi connectivity index (χ4n) is 4.08. The first kappa shape index (κ1) is 20.8. The van der Waals surface area contributed by atoms with Crippen LogP contribution in [0.4, 0.5) is 8.78 Å². The van der Waals surface area contributed by atoms with Crippen LogP contribution in [0.1, 0.15) is 33.8 Å². The third kappa shape index (κ3) is 3.64. The summed E-state index contributed by atoms with van der Waals surface area (Å²) in [4.78, 5) is 30.5. The van der Waals surface area contributed by atoms with Gasteiger partial charge in [0.25, 0.3) is 5.89 Å². The molecule has 6 heterocycles. The molecule has 1 amide bonds. The summed E-state index contributed by atoms with van der Waals surface area (Å²) in [5, 5.41) is 12.3. The molecule has 1 atom stereocenters. The summed E-state index contributed by atoms with van der Waals surface area (Å²) in [6, 6.07) is 3.82. The molecule has 0 spiro atoms. The molecule has 0 bridgehead atoms. The Morgan fingerprint density at radius 2 is 2.17 bits per heavy atom. The normalized spacial score (nSPS) is 15.5. The van der Waals surface area contributed by atoms with Gasteiger partial charge in [0.2, 0.25) is 0 Å². The standard InChI is InChI=1S/C21H15F2N9O3/c22-21(23)34-15-2-1-6-32-14(15)8-12(30-32)17-16-11(26-10-27-16)3-7-31(17)20(33)19-29-28-18(35-19)13-9-24-4-5-25-13/h1-2,4-6,8-10,17,21H,3,7H2,(H,26,27). The number of aromatic amines is 1. The van der Waals surface area contributed by atoms with E-state index in [4.69, 9.17) is 4.42 Å². The second-order valence-electron chi connectivity index (χ2n) is 7.57. The monoisotopic (exact) mass is 479 g/mol. The van der Waals surface area contributed by atoms with Gasteiger partial charge in [-0.3, -0.25) is 9.78 Å². The molecule has 1 unspecified atom stereocenters. The highest BCUT2D eigenvalue weighted by molar-refractivity contribution is 5.90. The minimum Gasteiger partial charge on any atom is -0.433 e. The number of carbonyl (C=O) groups excluding carboxylic acids is 1. The third-order valence-electron chi connectivity index (χ3n) is 5.55. The average Bonchev–Trinajstić information content (AvgIpc) is 3.63. The Morgan fingerprint density at radius 1 is 1.26 bits per heavy atom. The zero-order valence-corrected chi connectivity index (χ0v) is 17.7. The van der Waals surface area contributed by atoms with Crippen molar-refractivity contribution in [1.29, 1.82) is 0 Å². The Hall–Kier alpha value is -4.75. The quantitative estimate of drug-likeness (QED) is 0.402. The van der Waals surface area contributed by atoms with E-state index in [1.807, 2.05) is 0 Å². The molecule has 0 radical (unpaired) electrons. The number of rotatable bonds is 5. The van der Waals surface area contributed by atoms with Crippen LogP contribution in [0, 0.1) is 0 Å². The molecule has 5 aromatic rings. The highest BCUT2D eigenvalue weighted by Crippen LogP contribution is 2.35. The molecule has 35 heavy (non-hydrogen) atoms. The maximum absolute atomic E-state index is 13.5. The van der Waals surface area contributed by atoms with Gasteiger partial charge in [-0.05, 0) is 18.2 Å². The predicted molar refractivity (Wildman–Crippen MR) is 112 cm³/mol. The van der Waals surface area contributed by atoms with Crippen LogP contribution in [0.3, 0.4) is 0 Å². The molecule has 0 aromatic carbocycles. The number of halogens is 2. The van der Waals surface area contributed by atoms with Crippen molar-refractivity contribution in [2.24, 2.45) is 0 Å². The molecule has 0 saturated heterocycles. The molecular weight excluding hydrogens is 464 g/mol. The maximum Gasteiger partial charge on any atom is 0.387 e. The summed E-state index contributed by atoms with van der Waals surface area (Å²) in [5.74, 6) is -0.757. The fraction of sp³-hybridized carbons (Fsp3) is 0.190. The van der Waals surface area contributed by atoms with E-state index >= 15 is 0 Å². The number of H-pyrrole nitrogens is 1. The number of hydrogen-bond donors (Lipinski definition) is 1. The first-order valence-electron chi connectivity index (χ1n) is 10.4. The molecule has 5 aromatic heterocycles. The van der Waals surface area contributed by atoms with Gasteiger partial charge < -0.3 is 19.0 Å². The van der Waals surface area contributed by atoms with Crippen molar-refractivity contribution < 1.29 is 22.7 Å². The molecule has 12 nitrogen and oxygen atoms in total. The number of amides is 1. The number of nitrogens with zero attached hydrogens (tertiary/aromatic N) is 8. The van der Waals surface area contributed by atoms with Crippen LogP contribution >= 0.6 is 0 Å². The van der Waals surface area contributed by atoms with Crippen LogP contribution in [0.2, 0.25) is 0 Å². The Labute approximate surface area is 194 Å². The summed E-state index contributed by atoms with van der Waals surface area (Å²) in [6.45, 7) is -2.69. The van der Waals surface area contributed by atoms with Crippen molar-refractivity contribution in [3.63, 3.8) is 0 Å². The minimum atomic E-state index is -2.99. The van der Waals surface area contributed by atoms with Crippen LogP contribution < -0.4 is 4.74 Å². The molecule has 0 fully saturated rings. The second-order valence-corrected chi connectivity index (χ2v) is 7.57. The lowest BCUT2D eigenvalue weighted by molar-refractivity contribution is -0.0490. The van der Waals surface area contributed by atoms with Crippen molar-refractivity contribution in [3.8, 4) is 17.3 Å². The maximum atomic E-state index is 13.5. The Bertz CT molecular complexity index is 1510. The van der Waals surface area contributed by atoms with E-state index in [1.165, 1.54) is 46.5 Å². The van der Waals surface area contributed by atoms with Gasteiger partial charge in [0, 0.05) is 37.3 Å². The summed E-state index contributed by atoms with van der Waals surface area (Å²) in [7, 11) is 0. The molecule has 0 aliphatic carbocycles. The summed E-state index contributed by atoms with van der Waals surface area (Å²) in [6.07, 6.45) is 8.05. The largest absolute Gasteiger partial charge is 0.433 e. The van der Waals surface area contributed by atoms with Crippen molar-refractivity contribution in [3.05, 3.63) is 72.3 Å². The topological polar surface area (TPSA) is 140 Å². The van der Waals surface area contributed by atoms with Gasteiger partial charge in [0.1, 0.15) is 17.3 Å². The van der Waals surface area contributed by atoms with Gasteiger partial charge in [0.05, 0.1) is 23.9 Å². The summed E-state index contributed by atoms with van der Waals surface area (Å²) in [5.41, 5.74) is 2.48. The number of nitrogens with one attached hydrogen (secondary N) is 1. The number of pyridine rings is 1. The zero-order valence-electron chi connectivity index (χ0n) is 17.7. The van der Waals surface area contributed by atoms with E-state index in [0.717, 1.165) is 5.69 Å². The fourth-order valence-corrected chi connectivity index (χ4v) is 4.08. The predicted octanol–water partition coefficient (Wildman–Crippen LogP) is 2.29. The molecule has 1 aliphatic heterocycles. The van der Waals surface area contributed by atoms with Crippen LogP contribution in [0.25, 0.3) is 17.1 Å².